The van der Waals surface area contributed by atoms with Gasteiger partial charge in [0.25, 0.3) is 0 Å². The van der Waals surface area contributed by atoms with Gasteiger partial charge in [-0.15, -0.1) is 0 Å². The summed E-state index contributed by atoms with van der Waals surface area (Å²) in [6.07, 6.45) is 2.29. The molecule has 13 heavy (non-hydrogen) atoms. The second-order valence-electron chi connectivity index (χ2n) is 3.67. The quantitative estimate of drug-likeness (QED) is 0.751. The van der Waals surface area contributed by atoms with E-state index in [4.69, 9.17) is 5.11 Å². The number of aromatic carboxylic acids is 1. The van der Waals surface area contributed by atoms with Gasteiger partial charge in [0.15, 0.2) is 0 Å². The molecule has 0 spiro atoms. The molecule has 0 aliphatic heterocycles. The summed E-state index contributed by atoms with van der Waals surface area (Å²) in [6, 6.07) is 5.57. The van der Waals surface area contributed by atoms with E-state index in [0.717, 1.165) is 24.0 Å². The molecule has 2 rings (SSSR count). The predicted octanol–water partition coefficient (Wildman–Crippen LogP) is 2.57. The van der Waals surface area contributed by atoms with Crippen LogP contribution in [0.2, 0.25) is 0 Å². The fraction of sp³-hybridized carbons (Fsp3) is 0.364. The Labute approximate surface area is 77.2 Å². The fourth-order valence-corrected chi connectivity index (χ4v) is 1.61. The zero-order valence-corrected chi connectivity index (χ0v) is 7.58. The van der Waals surface area contributed by atoms with Crippen LogP contribution in [0.5, 0.6) is 0 Å². The van der Waals surface area contributed by atoms with Gasteiger partial charge in [-0.05, 0) is 37.3 Å². The van der Waals surface area contributed by atoms with Crippen LogP contribution in [0.15, 0.2) is 18.2 Å². The molecular formula is C11H12O2. The molecule has 2 nitrogen and oxygen atoms in total. The molecule has 0 unspecified atom stereocenters. The van der Waals surface area contributed by atoms with E-state index >= 15 is 0 Å². The maximum atomic E-state index is 10.9. The zero-order chi connectivity index (χ0) is 9.42. The van der Waals surface area contributed by atoms with Gasteiger partial charge in [0.1, 0.15) is 0 Å². The van der Waals surface area contributed by atoms with Crippen molar-refractivity contribution in [1.29, 1.82) is 0 Å². The number of carboxylic acids is 1. The number of hydrogen-bond acceptors (Lipinski definition) is 1. The number of carbonyl (C=O) groups is 1. The summed E-state index contributed by atoms with van der Waals surface area (Å²) in [7, 11) is 0. The number of benzene rings is 1. The summed E-state index contributed by atoms with van der Waals surface area (Å²) in [5, 5.41) is 8.93. The minimum absolute atomic E-state index is 0.480. The van der Waals surface area contributed by atoms with E-state index in [9.17, 15) is 4.79 Å². The number of aryl methyl sites for hydroxylation is 1. The lowest BCUT2D eigenvalue weighted by atomic mass is 10.0. The van der Waals surface area contributed by atoms with Crippen molar-refractivity contribution >= 4 is 5.97 Å². The van der Waals surface area contributed by atoms with E-state index in [1.165, 1.54) is 0 Å². The lowest BCUT2D eigenvalue weighted by molar-refractivity contribution is 0.0695. The highest BCUT2D eigenvalue weighted by molar-refractivity contribution is 5.89. The van der Waals surface area contributed by atoms with Gasteiger partial charge in [0, 0.05) is 0 Å². The number of carboxylic acid groups (broad SMARTS) is 1. The molecular weight excluding hydrogens is 164 g/mol. The lowest BCUT2D eigenvalue weighted by Gasteiger charge is -2.04. The van der Waals surface area contributed by atoms with Crippen molar-refractivity contribution in [2.75, 3.05) is 0 Å². The van der Waals surface area contributed by atoms with E-state index in [2.05, 4.69) is 0 Å². The molecule has 1 fully saturated rings. The fourth-order valence-electron chi connectivity index (χ4n) is 1.61. The third-order valence-electron chi connectivity index (χ3n) is 2.45. The Bertz CT molecular complexity index is 351. The van der Waals surface area contributed by atoms with Crippen molar-refractivity contribution in [2.24, 2.45) is 0 Å². The summed E-state index contributed by atoms with van der Waals surface area (Å²) < 4.78 is 0. The Morgan fingerprint density at radius 1 is 1.46 bits per heavy atom. The molecule has 0 heterocycles. The molecule has 0 atom stereocenters. The van der Waals surface area contributed by atoms with Crippen molar-refractivity contribution in [2.45, 2.75) is 25.7 Å². The summed E-state index contributed by atoms with van der Waals surface area (Å²) in [4.78, 5) is 10.9. The molecule has 0 aromatic heterocycles. The molecule has 1 aliphatic rings. The van der Waals surface area contributed by atoms with Crippen LogP contribution < -0.4 is 0 Å². The van der Waals surface area contributed by atoms with Crippen LogP contribution in [-0.4, -0.2) is 11.1 Å². The summed E-state index contributed by atoms with van der Waals surface area (Å²) >= 11 is 0. The first-order chi connectivity index (χ1) is 6.18. The van der Waals surface area contributed by atoms with E-state index in [-0.39, 0.29) is 0 Å². The predicted molar refractivity (Wildman–Crippen MR) is 50.1 cm³/mol. The van der Waals surface area contributed by atoms with Crippen LogP contribution in [0.1, 0.15) is 40.2 Å². The third kappa shape index (κ3) is 1.57. The van der Waals surface area contributed by atoms with Gasteiger partial charge in [0.2, 0.25) is 0 Å². The SMILES string of the molecule is Cc1ccc(C(=O)O)c(C2CC2)c1. The molecule has 0 amide bonds. The molecule has 1 aromatic carbocycles. The molecule has 1 aliphatic carbocycles. The van der Waals surface area contributed by atoms with Gasteiger partial charge in [-0.25, -0.2) is 4.79 Å². The highest BCUT2D eigenvalue weighted by atomic mass is 16.4. The van der Waals surface area contributed by atoms with Crippen molar-refractivity contribution in [3.63, 3.8) is 0 Å². The Morgan fingerprint density at radius 2 is 2.15 bits per heavy atom. The maximum absolute atomic E-state index is 10.9. The standard InChI is InChI=1S/C11H12O2/c1-7-2-5-9(11(12)13)10(6-7)8-3-4-8/h2,5-6,8H,3-4H2,1H3,(H,12,13). The van der Waals surface area contributed by atoms with Crippen molar-refractivity contribution in [3.8, 4) is 0 Å². The van der Waals surface area contributed by atoms with E-state index in [1.54, 1.807) is 6.07 Å². The molecule has 0 radical (unpaired) electrons. The molecule has 1 aromatic rings. The third-order valence-corrected chi connectivity index (χ3v) is 2.45. The molecule has 1 saturated carbocycles. The highest BCUT2D eigenvalue weighted by Crippen LogP contribution is 2.41. The maximum Gasteiger partial charge on any atom is 0.335 e. The van der Waals surface area contributed by atoms with Gasteiger partial charge in [-0.2, -0.15) is 0 Å². The molecule has 2 heteroatoms. The van der Waals surface area contributed by atoms with Crippen LogP contribution in [0, 0.1) is 6.92 Å². The van der Waals surface area contributed by atoms with Crippen LogP contribution in [-0.2, 0) is 0 Å². The van der Waals surface area contributed by atoms with Gasteiger partial charge >= 0.3 is 5.97 Å². The Hall–Kier alpha value is -1.31. The average Bonchev–Trinajstić information content (AvgIpc) is 2.85. The molecule has 1 N–H and O–H groups in total. The van der Waals surface area contributed by atoms with Crippen molar-refractivity contribution < 1.29 is 9.90 Å². The second-order valence-corrected chi connectivity index (χ2v) is 3.67. The molecule has 0 saturated heterocycles. The van der Waals surface area contributed by atoms with Crippen molar-refractivity contribution in [1.82, 2.24) is 0 Å². The Morgan fingerprint density at radius 3 is 2.69 bits per heavy atom. The molecule has 0 bridgehead atoms. The highest BCUT2D eigenvalue weighted by Gasteiger charge is 2.27. The van der Waals surface area contributed by atoms with Crippen LogP contribution >= 0.6 is 0 Å². The Balaban J connectivity index is 2.47. The number of rotatable bonds is 2. The van der Waals surface area contributed by atoms with Crippen molar-refractivity contribution in [3.05, 3.63) is 34.9 Å². The first kappa shape index (κ1) is 8.30. The second kappa shape index (κ2) is 2.87. The van der Waals surface area contributed by atoms with Gasteiger partial charge < -0.3 is 5.11 Å². The monoisotopic (exact) mass is 176 g/mol. The van der Waals surface area contributed by atoms with E-state index < -0.39 is 5.97 Å². The lowest BCUT2D eigenvalue weighted by Crippen LogP contribution is -2.01. The summed E-state index contributed by atoms with van der Waals surface area (Å²) in [5.74, 6) is -0.298. The summed E-state index contributed by atoms with van der Waals surface area (Å²) in [5.41, 5.74) is 2.65. The van der Waals surface area contributed by atoms with Gasteiger partial charge in [-0.1, -0.05) is 17.7 Å². The molecule has 68 valence electrons. The first-order valence-corrected chi connectivity index (χ1v) is 4.52. The van der Waals surface area contributed by atoms with Gasteiger partial charge in [-0.3, -0.25) is 0 Å². The minimum Gasteiger partial charge on any atom is -0.478 e. The Kier molecular flexibility index (Phi) is 1.83. The van der Waals surface area contributed by atoms with Crippen LogP contribution in [0.4, 0.5) is 0 Å². The zero-order valence-electron chi connectivity index (χ0n) is 7.58. The number of hydrogen-bond donors (Lipinski definition) is 1. The smallest absolute Gasteiger partial charge is 0.335 e. The largest absolute Gasteiger partial charge is 0.478 e. The summed E-state index contributed by atoms with van der Waals surface area (Å²) in [6.45, 7) is 2.00. The van der Waals surface area contributed by atoms with E-state index in [1.807, 2.05) is 19.1 Å². The first-order valence-electron chi connectivity index (χ1n) is 4.52. The van der Waals surface area contributed by atoms with Gasteiger partial charge in [0.05, 0.1) is 5.56 Å². The van der Waals surface area contributed by atoms with Crippen LogP contribution in [0.3, 0.4) is 0 Å². The minimum atomic E-state index is -0.804. The van der Waals surface area contributed by atoms with E-state index in [0.29, 0.717) is 11.5 Å². The average molecular weight is 176 g/mol. The topological polar surface area (TPSA) is 37.3 Å². The van der Waals surface area contributed by atoms with Crippen LogP contribution in [0.25, 0.3) is 0 Å². The normalized spacial score (nSPS) is 15.8.